The minimum Gasteiger partial charge on any atom is -0.494 e. The molecule has 0 unspecified atom stereocenters. The van der Waals surface area contributed by atoms with Gasteiger partial charge in [0.25, 0.3) is 0 Å². The van der Waals surface area contributed by atoms with Crippen molar-refractivity contribution in [1.82, 2.24) is 15.5 Å². The molecule has 1 amide bonds. The first-order valence-electron chi connectivity index (χ1n) is 7.93. The average molecular weight is 315 g/mol. The van der Waals surface area contributed by atoms with E-state index in [9.17, 15) is 4.79 Å². The van der Waals surface area contributed by atoms with Gasteiger partial charge < -0.3 is 10.1 Å². The second kappa shape index (κ2) is 7.81. The van der Waals surface area contributed by atoms with Crippen molar-refractivity contribution in [3.63, 3.8) is 0 Å². The fourth-order valence-electron chi connectivity index (χ4n) is 2.14. The van der Waals surface area contributed by atoms with E-state index in [1.807, 2.05) is 12.1 Å². The predicted octanol–water partition coefficient (Wildman–Crippen LogP) is 3.18. The molecule has 124 valence electrons. The summed E-state index contributed by atoms with van der Waals surface area (Å²) in [6, 6.07) is 8.15. The van der Waals surface area contributed by atoms with E-state index in [1.165, 1.54) is 5.56 Å². The fraction of sp³-hybridized carbons (Fsp3) is 0.444. The summed E-state index contributed by atoms with van der Waals surface area (Å²) < 4.78 is 5.68. The Bertz CT molecular complexity index is 598. The third-order valence-corrected chi connectivity index (χ3v) is 3.58. The zero-order chi connectivity index (χ0) is 16.7. The largest absolute Gasteiger partial charge is 0.494 e. The molecule has 2 N–H and O–H groups in total. The number of hydrogen-bond acceptors (Lipinski definition) is 3. The van der Waals surface area contributed by atoms with Gasteiger partial charge in [0.15, 0.2) is 0 Å². The van der Waals surface area contributed by atoms with Crippen LogP contribution in [0.3, 0.4) is 0 Å². The third-order valence-electron chi connectivity index (χ3n) is 3.58. The summed E-state index contributed by atoms with van der Waals surface area (Å²) in [6.07, 6.45) is 4.62. The summed E-state index contributed by atoms with van der Waals surface area (Å²) in [5.74, 6) is 0.870. The van der Waals surface area contributed by atoms with Crippen LogP contribution in [-0.2, 0) is 16.8 Å². The highest BCUT2D eigenvalue weighted by Gasteiger charge is 2.12. The van der Waals surface area contributed by atoms with Crippen molar-refractivity contribution in [2.45, 2.75) is 45.6 Å². The number of nitrogens with one attached hydrogen (secondary N) is 2. The zero-order valence-electron chi connectivity index (χ0n) is 14.1. The van der Waals surface area contributed by atoms with Crippen LogP contribution in [-0.4, -0.2) is 22.7 Å². The van der Waals surface area contributed by atoms with Gasteiger partial charge in [-0.25, -0.2) is 0 Å². The number of aromatic nitrogens is 2. The van der Waals surface area contributed by atoms with Crippen LogP contribution >= 0.6 is 0 Å². The third kappa shape index (κ3) is 5.77. The van der Waals surface area contributed by atoms with Gasteiger partial charge in [-0.3, -0.25) is 9.89 Å². The molecular formula is C18H25N3O2. The normalized spacial score (nSPS) is 11.3. The van der Waals surface area contributed by atoms with E-state index in [1.54, 1.807) is 12.4 Å². The second-order valence-corrected chi connectivity index (χ2v) is 6.61. The first-order chi connectivity index (χ1) is 10.9. The van der Waals surface area contributed by atoms with E-state index in [0.29, 0.717) is 26.0 Å². The molecule has 0 atom stereocenters. The molecule has 0 aliphatic rings. The molecule has 1 heterocycles. The van der Waals surface area contributed by atoms with Crippen LogP contribution in [0.4, 0.5) is 0 Å². The predicted molar refractivity (Wildman–Crippen MR) is 90.3 cm³/mol. The quantitative estimate of drug-likeness (QED) is 0.771. The lowest BCUT2D eigenvalue weighted by Crippen LogP contribution is -2.22. The molecule has 1 aromatic carbocycles. The van der Waals surface area contributed by atoms with Gasteiger partial charge in [0, 0.05) is 24.7 Å². The number of H-pyrrole nitrogens is 1. The Labute approximate surface area is 137 Å². The monoisotopic (exact) mass is 315 g/mol. The molecule has 0 aliphatic heterocycles. The SMILES string of the molecule is CC(C)(C)c1ccc(OCCCC(=O)NCc2cn[nH]c2)cc1. The first-order valence-corrected chi connectivity index (χ1v) is 7.93. The van der Waals surface area contributed by atoms with Gasteiger partial charge in [-0.2, -0.15) is 5.10 Å². The van der Waals surface area contributed by atoms with Gasteiger partial charge in [-0.1, -0.05) is 32.9 Å². The van der Waals surface area contributed by atoms with Gasteiger partial charge in [0.2, 0.25) is 5.91 Å². The maximum Gasteiger partial charge on any atom is 0.220 e. The summed E-state index contributed by atoms with van der Waals surface area (Å²) in [5.41, 5.74) is 2.39. The molecule has 1 aromatic heterocycles. The number of amides is 1. The Morgan fingerprint density at radius 1 is 1.26 bits per heavy atom. The number of aromatic amines is 1. The Morgan fingerprint density at radius 2 is 2.00 bits per heavy atom. The highest BCUT2D eigenvalue weighted by molar-refractivity contribution is 5.75. The topological polar surface area (TPSA) is 67.0 Å². The Balaban J connectivity index is 1.64. The lowest BCUT2D eigenvalue weighted by atomic mass is 9.87. The van der Waals surface area contributed by atoms with Crippen LogP contribution in [0.2, 0.25) is 0 Å². The molecule has 0 saturated carbocycles. The van der Waals surface area contributed by atoms with Gasteiger partial charge in [-0.05, 0) is 29.5 Å². The van der Waals surface area contributed by atoms with E-state index in [0.717, 1.165) is 11.3 Å². The van der Waals surface area contributed by atoms with Crippen LogP contribution < -0.4 is 10.1 Å². The number of ether oxygens (including phenoxy) is 1. The minimum atomic E-state index is 0.0258. The maximum absolute atomic E-state index is 11.7. The molecule has 5 nitrogen and oxygen atoms in total. The van der Waals surface area contributed by atoms with E-state index in [-0.39, 0.29) is 11.3 Å². The van der Waals surface area contributed by atoms with Crippen molar-refractivity contribution in [2.24, 2.45) is 0 Å². The molecule has 23 heavy (non-hydrogen) atoms. The molecule has 2 aromatic rings. The lowest BCUT2D eigenvalue weighted by molar-refractivity contribution is -0.121. The minimum absolute atomic E-state index is 0.0258. The second-order valence-electron chi connectivity index (χ2n) is 6.61. The Hall–Kier alpha value is -2.30. The number of nitrogens with zero attached hydrogens (tertiary/aromatic N) is 1. The number of hydrogen-bond donors (Lipinski definition) is 2. The van der Waals surface area contributed by atoms with Gasteiger partial charge in [0.05, 0.1) is 12.8 Å². The Kier molecular flexibility index (Phi) is 5.79. The molecule has 0 spiro atoms. The zero-order valence-corrected chi connectivity index (χ0v) is 14.1. The van der Waals surface area contributed by atoms with Crippen LogP contribution in [0.5, 0.6) is 5.75 Å². The van der Waals surface area contributed by atoms with Crippen molar-refractivity contribution >= 4 is 5.91 Å². The molecule has 0 bridgehead atoms. The standard InChI is InChI=1S/C18H25N3O2/c1-18(2,3)15-6-8-16(9-7-15)23-10-4-5-17(22)19-11-14-12-20-21-13-14/h6-9,12-13H,4-5,10-11H2,1-3H3,(H,19,22)(H,20,21). The van der Waals surface area contributed by atoms with Crippen LogP contribution in [0, 0.1) is 0 Å². The molecule has 0 aliphatic carbocycles. The van der Waals surface area contributed by atoms with E-state index in [4.69, 9.17) is 4.74 Å². The van der Waals surface area contributed by atoms with Crippen molar-refractivity contribution < 1.29 is 9.53 Å². The van der Waals surface area contributed by atoms with Crippen LogP contribution in [0.25, 0.3) is 0 Å². The average Bonchev–Trinajstić information content (AvgIpc) is 3.02. The number of rotatable bonds is 7. The van der Waals surface area contributed by atoms with Crippen molar-refractivity contribution in [3.05, 3.63) is 47.8 Å². The summed E-state index contributed by atoms with van der Waals surface area (Å²) in [6.45, 7) is 7.60. The molecule has 2 rings (SSSR count). The number of benzene rings is 1. The number of carbonyl (C=O) groups is 1. The number of carbonyl (C=O) groups excluding carboxylic acids is 1. The molecule has 5 heteroatoms. The first kappa shape index (κ1) is 17.1. The summed E-state index contributed by atoms with van der Waals surface area (Å²) in [4.78, 5) is 11.7. The van der Waals surface area contributed by atoms with Crippen molar-refractivity contribution in [3.8, 4) is 5.75 Å². The van der Waals surface area contributed by atoms with Gasteiger partial charge >= 0.3 is 0 Å². The lowest BCUT2D eigenvalue weighted by Gasteiger charge is -2.19. The smallest absolute Gasteiger partial charge is 0.220 e. The van der Waals surface area contributed by atoms with Gasteiger partial charge in [0.1, 0.15) is 5.75 Å². The molecule has 0 radical (unpaired) electrons. The maximum atomic E-state index is 11.7. The summed E-state index contributed by atoms with van der Waals surface area (Å²) in [5, 5.41) is 9.40. The van der Waals surface area contributed by atoms with E-state index >= 15 is 0 Å². The Morgan fingerprint density at radius 3 is 2.61 bits per heavy atom. The highest BCUT2D eigenvalue weighted by atomic mass is 16.5. The fourth-order valence-corrected chi connectivity index (χ4v) is 2.14. The summed E-state index contributed by atoms with van der Waals surface area (Å²) >= 11 is 0. The van der Waals surface area contributed by atoms with Crippen molar-refractivity contribution in [2.75, 3.05) is 6.61 Å². The van der Waals surface area contributed by atoms with Crippen LogP contribution in [0.15, 0.2) is 36.7 Å². The highest BCUT2D eigenvalue weighted by Crippen LogP contribution is 2.24. The molecule has 0 saturated heterocycles. The summed E-state index contributed by atoms with van der Waals surface area (Å²) in [7, 11) is 0. The van der Waals surface area contributed by atoms with Crippen LogP contribution in [0.1, 0.15) is 44.7 Å². The van der Waals surface area contributed by atoms with E-state index < -0.39 is 0 Å². The molecular weight excluding hydrogens is 290 g/mol. The molecule has 0 fully saturated rings. The van der Waals surface area contributed by atoms with Crippen molar-refractivity contribution in [1.29, 1.82) is 0 Å². The van der Waals surface area contributed by atoms with E-state index in [2.05, 4.69) is 48.4 Å². The van der Waals surface area contributed by atoms with Gasteiger partial charge in [-0.15, -0.1) is 0 Å².